The van der Waals surface area contributed by atoms with E-state index in [1.54, 1.807) is 19.1 Å². The first-order valence-electron chi connectivity index (χ1n) is 6.96. The third kappa shape index (κ3) is 3.17. The molecule has 0 saturated carbocycles. The lowest BCUT2D eigenvalue weighted by Gasteiger charge is -2.29. The minimum Gasteiger partial charge on any atom is -0.534 e. The van der Waals surface area contributed by atoms with E-state index in [4.69, 9.17) is 14.1 Å². The number of fused-ring (bicyclic) bond motifs is 1. The van der Waals surface area contributed by atoms with Gasteiger partial charge in [0.1, 0.15) is 17.1 Å². The lowest BCUT2D eigenvalue weighted by molar-refractivity contribution is -0.119. The molecule has 118 valence electrons. The third-order valence-corrected chi connectivity index (χ3v) is 3.31. The fourth-order valence-corrected chi connectivity index (χ4v) is 2.39. The van der Waals surface area contributed by atoms with Crippen LogP contribution in [-0.2, 0) is 16.0 Å². The first-order valence-corrected chi connectivity index (χ1v) is 6.96. The predicted molar refractivity (Wildman–Crippen MR) is 78.9 cm³/mol. The van der Waals surface area contributed by atoms with Gasteiger partial charge in [0.05, 0.1) is 19.7 Å². The van der Waals surface area contributed by atoms with Crippen molar-refractivity contribution in [2.75, 3.05) is 13.7 Å². The average molecular weight is 307 g/mol. The lowest BCUT2D eigenvalue weighted by Crippen LogP contribution is -2.52. The summed E-state index contributed by atoms with van der Waals surface area (Å²) in [5.74, 6) is -0.890. The van der Waals surface area contributed by atoms with Gasteiger partial charge in [-0.1, -0.05) is 6.07 Å². The molecule has 0 radical (unpaired) electrons. The van der Waals surface area contributed by atoms with Crippen molar-refractivity contribution < 1.29 is 28.7 Å². The molecule has 0 bridgehead atoms. The van der Waals surface area contributed by atoms with Crippen LogP contribution in [0.5, 0.6) is 11.5 Å². The van der Waals surface area contributed by atoms with Crippen molar-refractivity contribution in [2.45, 2.75) is 26.2 Å². The zero-order chi connectivity index (χ0) is 16.3. The Kier molecular flexibility index (Phi) is 4.92. The van der Waals surface area contributed by atoms with E-state index in [1.165, 1.54) is 14.0 Å². The molecule has 2 N–H and O–H groups in total. The molecule has 0 unspecified atom stereocenters. The number of hydrogen-bond acceptors (Lipinski definition) is 6. The number of benzene rings is 1. The Balaban J connectivity index is 2.41. The number of amides is 1. The van der Waals surface area contributed by atoms with Gasteiger partial charge in [-0.05, 0) is 25.0 Å². The number of methoxy groups -OCH3 is 1. The third-order valence-electron chi connectivity index (χ3n) is 3.31. The molecule has 0 aromatic heterocycles. The number of carbonyl (C=O) groups is 2. The highest BCUT2D eigenvalue weighted by Gasteiger charge is 2.38. The summed E-state index contributed by atoms with van der Waals surface area (Å²) >= 11 is 0. The Morgan fingerprint density at radius 3 is 2.82 bits per heavy atom. The quantitative estimate of drug-likeness (QED) is 0.615. The van der Waals surface area contributed by atoms with Crippen LogP contribution in [0.3, 0.4) is 0 Å². The number of hydrogen-bond donors (Lipinski definition) is 2. The molecule has 1 atom stereocenters. The Hall–Kier alpha value is -2.22. The molecular weight excluding hydrogens is 289 g/mol. The summed E-state index contributed by atoms with van der Waals surface area (Å²) in [7, 11) is 0.181. The van der Waals surface area contributed by atoms with E-state index in [0.29, 0.717) is 17.7 Å². The summed E-state index contributed by atoms with van der Waals surface area (Å²) in [6.45, 7) is 3.27. The molecule has 0 fully saturated rings. The molecule has 0 spiro atoms. The van der Waals surface area contributed by atoms with Crippen molar-refractivity contribution in [2.24, 2.45) is 0 Å². The zero-order valence-corrected chi connectivity index (χ0v) is 12.7. The number of nitrogens with one attached hydrogen (secondary N) is 1. The molecule has 1 aromatic rings. The van der Waals surface area contributed by atoms with E-state index >= 15 is 0 Å². The van der Waals surface area contributed by atoms with E-state index < -0.39 is 19.0 Å². The van der Waals surface area contributed by atoms with Gasteiger partial charge in [0.2, 0.25) is 5.91 Å². The molecule has 7 nitrogen and oxygen atoms in total. The minimum absolute atomic E-state index is 0.141. The Bertz CT molecular complexity index is 591. The maximum atomic E-state index is 12.1. The van der Waals surface area contributed by atoms with E-state index in [1.807, 2.05) is 0 Å². The molecule has 0 aliphatic carbocycles. The fourth-order valence-electron chi connectivity index (χ4n) is 2.39. The summed E-state index contributed by atoms with van der Waals surface area (Å²) in [5.41, 5.74) is 0.829. The van der Waals surface area contributed by atoms with Crippen molar-refractivity contribution in [3.05, 3.63) is 23.3 Å². The monoisotopic (exact) mass is 307 g/mol. The van der Waals surface area contributed by atoms with Crippen LogP contribution in [0.4, 0.5) is 0 Å². The largest absolute Gasteiger partial charge is 0.547 e. The first-order chi connectivity index (χ1) is 10.5. The molecule has 1 aliphatic rings. The SMILES string of the molecule is CCOC(=O)c1c(OC)ccc2c1OB(O)[C@@H](NC(C)=O)C2. The summed E-state index contributed by atoms with van der Waals surface area (Å²) in [5, 5.41) is 12.6. The number of esters is 1. The number of rotatable bonds is 4. The predicted octanol–water partition coefficient (Wildman–Crippen LogP) is 0.331. The standard InChI is InChI=1S/C14H18BNO6/c1-4-21-14(18)12-10(20-3)6-5-9-7-11(16-8(2)17)15(19)22-13(9)12/h5-6,11,19H,4,7H2,1-3H3,(H,16,17)/t11-/m0/s1. The van der Waals surface area contributed by atoms with Crippen LogP contribution in [0, 0.1) is 0 Å². The molecule has 2 rings (SSSR count). The van der Waals surface area contributed by atoms with Crippen molar-refractivity contribution in [3.8, 4) is 11.5 Å². The highest BCUT2D eigenvalue weighted by Crippen LogP contribution is 2.36. The number of ether oxygens (including phenoxy) is 2. The van der Waals surface area contributed by atoms with E-state index in [-0.39, 0.29) is 23.8 Å². The molecule has 22 heavy (non-hydrogen) atoms. The van der Waals surface area contributed by atoms with Gasteiger partial charge >= 0.3 is 13.1 Å². The smallest absolute Gasteiger partial charge is 0.534 e. The van der Waals surface area contributed by atoms with Gasteiger partial charge in [-0.2, -0.15) is 0 Å². The fraction of sp³-hybridized carbons (Fsp3) is 0.429. The molecule has 1 aromatic carbocycles. The average Bonchev–Trinajstić information content (AvgIpc) is 2.46. The highest BCUT2D eigenvalue weighted by molar-refractivity contribution is 6.47. The van der Waals surface area contributed by atoms with Gasteiger partial charge in [0.25, 0.3) is 0 Å². The Morgan fingerprint density at radius 2 is 2.23 bits per heavy atom. The summed E-state index contributed by atoms with van der Waals surface area (Å²) in [6, 6.07) is 3.37. The van der Waals surface area contributed by atoms with Crippen molar-refractivity contribution in [1.82, 2.24) is 5.32 Å². The second kappa shape index (κ2) is 6.70. The summed E-state index contributed by atoms with van der Waals surface area (Å²) < 4.78 is 15.6. The zero-order valence-electron chi connectivity index (χ0n) is 12.7. The van der Waals surface area contributed by atoms with Gasteiger partial charge < -0.3 is 24.5 Å². The van der Waals surface area contributed by atoms with Crippen molar-refractivity contribution in [3.63, 3.8) is 0 Å². The van der Waals surface area contributed by atoms with Gasteiger partial charge in [0, 0.05) is 6.92 Å². The van der Waals surface area contributed by atoms with E-state index in [2.05, 4.69) is 5.32 Å². The molecule has 1 heterocycles. The van der Waals surface area contributed by atoms with Gasteiger partial charge in [-0.15, -0.1) is 0 Å². The van der Waals surface area contributed by atoms with Crippen LogP contribution < -0.4 is 14.7 Å². The Morgan fingerprint density at radius 1 is 1.50 bits per heavy atom. The maximum absolute atomic E-state index is 12.1. The van der Waals surface area contributed by atoms with Crippen LogP contribution in [0.2, 0.25) is 0 Å². The maximum Gasteiger partial charge on any atom is 0.547 e. The summed E-state index contributed by atoms with van der Waals surface area (Å²) in [4.78, 5) is 23.3. The van der Waals surface area contributed by atoms with Crippen LogP contribution >= 0.6 is 0 Å². The molecule has 1 aliphatic heterocycles. The Labute approximate surface area is 128 Å². The number of carbonyl (C=O) groups excluding carboxylic acids is 2. The van der Waals surface area contributed by atoms with Crippen molar-refractivity contribution >= 4 is 19.0 Å². The first kappa shape index (κ1) is 16.2. The second-order valence-corrected chi connectivity index (χ2v) is 4.87. The molecule has 0 saturated heterocycles. The second-order valence-electron chi connectivity index (χ2n) is 4.87. The van der Waals surface area contributed by atoms with Gasteiger partial charge in [0.15, 0.2) is 0 Å². The minimum atomic E-state index is -1.25. The van der Waals surface area contributed by atoms with Crippen molar-refractivity contribution in [1.29, 1.82) is 0 Å². The summed E-state index contributed by atoms with van der Waals surface area (Å²) in [6.07, 6.45) is 0.340. The highest BCUT2D eigenvalue weighted by atomic mass is 16.5. The normalized spacial score (nSPS) is 16.4. The molecule has 1 amide bonds. The van der Waals surface area contributed by atoms with Gasteiger partial charge in [-0.3, -0.25) is 4.79 Å². The van der Waals surface area contributed by atoms with E-state index in [0.717, 1.165) is 0 Å². The topological polar surface area (TPSA) is 94.1 Å². The van der Waals surface area contributed by atoms with Crippen LogP contribution in [0.25, 0.3) is 0 Å². The van der Waals surface area contributed by atoms with Crippen LogP contribution in [-0.4, -0.2) is 43.7 Å². The van der Waals surface area contributed by atoms with E-state index in [9.17, 15) is 14.6 Å². The molecule has 8 heteroatoms. The van der Waals surface area contributed by atoms with Crippen LogP contribution in [0.15, 0.2) is 12.1 Å². The molecular formula is C14H18BNO6. The van der Waals surface area contributed by atoms with Crippen LogP contribution in [0.1, 0.15) is 29.8 Å². The van der Waals surface area contributed by atoms with Gasteiger partial charge in [-0.25, -0.2) is 4.79 Å². The lowest BCUT2D eigenvalue weighted by atomic mass is 9.72.